The smallest absolute Gasteiger partial charge is 0.251 e. The van der Waals surface area contributed by atoms with Gasteiger partial charge in [-0.25, -0.2) is 9.29 Å². The summed E-state index contributed by atoms with van der Waals surface area (Å²) in [4.78, 5) is 32.2. The molecule has 0 spiro atoms. The third kappa shape index (κ3) is 2.72. The van der Waals surface area contributed by atoms with Gasteiger partial charge in [-0.15, -0.1) is 0 Å². The van der Waals surface area contributed by atoms with Gasteiger partial charge in [0.15, 0.2) is 0 Å². The van der Waals surface area contributed by atoms with E-state index in [-0.39, 0.29) is 24.1 Å². The highest BCUT2D eigenvalue weighted by Gasteiger charge is 2.43. The van der Waals surface area contributed by atoms with Crippen molar-refractivity contribution in [3.63, 3.8) is 0 Å². The highest BCUT2D eigenvalue weighted by molar-refractivity contribution is 6.31. The molecule has 2 amide bonds. The summed E-state index contributed by atoms with van der Waals surface area (Å²) in [6.45, 7) is 1.17. The van der Waals surface area contributed by atoms with Gasteiger partial charge in [0.1, 0.15) is 5.82 Å². The fourth-order valence-corrected chi connectivity index (χ4v) is 4.47. The summed E-state index contributed by atoms with van der Waals surface area (Å²) in [5.41, 5.74) is 3.47. The van der Waals surface area contributed by atoms with E-state index in [0.717, 1.165) is 22.2 Å². The number of halogens is 2. The van der Waals surface area contributed by atoms with E-state index in [2.05, 4.69) is 4.98 Å². The predicted molar refractivity (Wildman–Crippen MR) is 105 cm³/mol. The Hall–Kier alpha value is -2.70. The Bertz CT molecular complexity index is 1130. The molecule has 2 aliphatic heterocycles. The van der Waals surface area contributed by atoms with Crippen LogP contribution in [-0.4, -0.2) is 34.3 Å². The minimum absolute atomic E-state index is 0.148. The normalized spacial score (nSPS) is 20.2. The zero-order chi connectivity index (χ0) is 19.4. The predicted octanol–water partition coefficient (Wildman–Crippen LogP) is 3.65. The van der Waals surface area contributed by atoms with Crippen LogP contribution >= 0.6 is 11.6 Å². The number of imide groups is 1. The van der Waals surface area contributed by atoms with Gasteiger partial charge in [0, 0.05) is 34.7 Å². The second-order valence-corrected chi connectivity index (χ2v) is 7.70. The molecule has 5 nitrogen and oxygen atoms in total. The van der Waals surface area contributed by atoms with Crippen molar-refractivity contribution in [2.75, 3.05) is 11.4 Å². The molecular weight excluding hydrogens is 381 g/mol. The van der Waals surface area contributed by atoms with Crippen LogP contribution < -0.4 is 4.90 Å². The van der Waals surface area contributed by atoms with Crippen LogP contribution in [0, 0.1) is 5.82 Å². The molecule has 3 aromatic rings. The van der Waals surface area contributed by atoms with Crippen molar-refractivity contribution < 1.29 is 14.0 Å². The molecule has 0 aliphatic carbocycles. The summed E-state index contributed by atoms with van der Waals surface area (Å²) in [5.74, 6) is -0.704. The van der Waals surface area contributed by atoms with Gasteiger partial charge in [0.25, 0.3) is 5.91 Å². The molecule has 1 aromatic heterocycles. The molecule has 2 aromatic carbocycles. The molecule has 0 bridgehead atoms. The third-order valence-electron chi connectivity index (χ3n) is 5.60. The Morgan fingerprint density at radius 2 is 2.00 bits per heavy atom. The van der Waals surface area contributed by atoms with E-state index in [1.165, 1.54) is 11.0 Å². The number of nitrogens with zero attached hydrogens (tertiary/aromatic N) is 2. The molecular formula is C21H17ClFN3O2. The van der Waals surface area contributed by atoms with Gasteiger partial charge < -0.3 is 4.98 Å². The maximum atomic E-state index is 13.6. The van der Waals surface area contributed by atoms with Crippen molar-refractivity contribution in [2.24, 2.45) is 0 Å². The van der Waals surface area contributed by atoms with E-state index in [1.807, 2.05) is 4.90 Å². The van der Waals surface area contributed by atoms with Crippen LogP contribution in [0.5, 0.6) is 0 Å². The molecule has 0 saturated carbocycles. The number of hydrogen-bond donors (Lipinski definition) is 1. The topological polar surface area (TPSA) is 56.4 Å². The molecule has 28 heavy (non-hydrogen) atoms. The van der Waals surface area contributed by atoms with E-state index in [0.29, 0.717) is 30.2 Å². The number of aromatic nitrogens is 1. The van der Waals surface area contributed by atoms with Gasteiger partial charge in [0.2, 0.25) is 5.91 Å². The summed E-state index contributed by atoms with van der Waals surface area (Å²) >= 11 is 6.02. The summed E-state index contributed by atoms with van der Waals surface area (Å²) in [6, 6.07) is 11.0. The molecule has 1 fully saturated rings. The minimum Gasteiger partial charge on any atom is -0.357 e. The maximum absolute atomic E-state index is 13.6. The number of anilines is 1. The number of rotatable bonds is 2. The Morgan fingerprint density at radius 1 is 1.14 bits per heavy atom. The lowest BCUT2D eigenvalue weighted by atomic mass is 10.0. The summed E-state index contributed by atoms with van der Waals surface area (Å²) in [7, 11) is 0. The van der Waals surface area contributed by atoms with Gasteiger partial charge in [-0.2, -0.15) is 0 Å². The molecule has 5 rings (SSSR count). The lowest BCUT2D eigenvalue weighted by molar-refractivity contribution is -0.123. The Labute approximate surface area is 165 Å². The highest BCUT2D eigenvalue weighted by Crippen LogP contribution is 2.32. The molecule has 0 unspecified atom stereocenters. The van der Waals surface area contributed by atoms with Crippen LogP contribution in [0.3, 0.4) is 0 Å². The number of benzene rings is 2. The van der Waals surface area contributed by atoms with E-state index in [4.69, 9.17) is 11.6 Å². The van der Waals surface area contributed by atoms with Crippen LogP contribution in [0.1, 0.15) is 17.7 Å². The molecule has 142 valence electrons. The minimum atomic E-state index is -0.497. The standard InChI is InChI=1S/C21H17ClFN3O2/c22-12-2-1-3-14(8-12)26-20(27)10-19(21(26)28)25-7-6-15-16-9-13(23)4-5-17(16)24-18(15)11-25/h1-5,8-9,19,24H,6-7,10-11H2/t19-/m1/s1. The monoisotopic (exact) mass is 397 g/mol. The van der Waals surface area contributed by atoms with Crippen LogP contribution in [0.15, 0.2) is 42.5 Å². The maximum Gasteiger partial charge on any atom is 0.251 e. The van der Waals surface area contributed by atoms with Crippen molar-refractivity contribution in [1.29, 1.82) is 0 Å². The zero-order valence-electron chi connectivity index (χ0n) is 14.9. The summed E-state index contributed by atoms with van der Waals surface area (Å²) in [5, 5.41) is 1.37. The lowest BCUT2D eigenvalue weighted by Crippen LogP contribution is -2.44. The number of nitrogens with one attached hydrogen (secondary N) is 1. The lowest BCUT2D eigenvalue weighted by Gasteiger charge is -2.30. The first kappa shape index (κ1) is 17.4. The van der Waals surface area contributed by atoms with E-state index in [9.17, 15) is 14.0 Å². The van der Waals surface area contributed by atoms with Crippen LogP contribution in [0.25, 0.3) is 10.9 Å². The van der Waals surface area contributed by atoms with Crippen molar-refractivity contribution in [3.05, 3.63) is 64.6 Å². The van der Waals surface area contributed by atoms with Gasteiger partial charge >= 0.3 is 0 Å². The van der Waals surface area contributed by atoms with Crippen molar-refractivity contribution in [1.82, 2.24) is 9.88 Å². The highest BCUT2D eigenvalue weighted by atomic mass is 35.5. The van der Waals surface area contributed by atoms with E-state index < -0.39 is 6.04 Å². The summed E-state index contributed by atoms with van der Waals surface area (Å²) in [6.07, 6.45) is 0.851. The van der Waals surface area contributed by atoms with Gasteiger partial charge in [-0.3, -0.25) is 14.5 Å². The Balaban J connectivity index is 1.43. The van der Waals surface area contributed by atoms with E-state index >= 15 is 0 Å². The molecule has 0 radical (unpaired) electrons. The average molecular weight is 398 g/mol. The molecule has 2 aliphatic rings. The Morgan fingerprint density at radius 3 is 2.82 bits per heavy atom. The van der Waals surface area contributed by atoms with E-state index in [1.54, 1.807) is 36.4 Å². The average Bonchev–Trinajstić information content (AvgIpc) is 3.17. The van der Waals surface area contributed by atoms with Gasteiger partial charge in [-0.1, -0.05) is 17.7 Å². The molecule has 1 saturated heterocycles. The molecule has 3 heterocycles. The summed E-state index contributed by atoms with van der Waals surface area (Å²) < 4.78 is 13.6. The number of fused-ring (bicyclic) bond motifs is 3. The first-order valence-electron chi connectivity index (χ1n) is 9.16. The number of hydrogen-bond acceptors (Lipinski definition) is 3. The number of carbonyl (C=O) groups is 2. The largest absolute Gasteiger partial charge is 0.357 e. The van der Waals surface area contributed by atoms with Crippen molar-refractivity contribution in [3.8, 4) is 0 Å². The SMILES string of the molecule is O=C1C[C@@H](N2CCc3c([nH]c4ccc(F)cc34)C2)C(=O)N1c1cccc(Cl)c1. The Kier molecular flexibility index (Phi) is 4.00. The van der Waals surface area contributed by atoms with Crippen LogP contribution in [-0.2, 0) is 22.6 Å². The number of H-pyrrole nitrogens is 1. The van der Waals surface area contributed by atoms with Gasteiger partial charge in [-0.05, 0) is 48.4 Å². The number of carbonyl (C=O) groups excluding carboxylic acids is 2. The zero-order valence-corrected chi connectivity index (χ0v) is 15.7. The van der Waals surface area contributed by atoms with Crippen LogP contribution in [0.4, 0.5) is 10.1 Å². The van der Waals surface area contributed by atoms with Gasteiger partial charge in [0.05, 0.1) is 18.2 Å². The van der Waals surface area contributed by atoms with Crippen LogP contribution in [0.2, 0.25) is 5.02 Å². The van der Waals surface area contributed by atoms with Crippen molar-refractivity contribution in [2.45, 2.75) is 25.4 Å². The fourth-order valence-electron chi connectivity index (χ4n) is 4.29. The number of aromatic amines is 1. The molecule has 7 heteroatoms. The van der Waals surface area contributed by atoms with Crippen molar-refractivity contribution >= 4 is 40.0 Å². The first-order chi connectivity index (χ1) is 13.5. The second-order valence-electron chi connectivity index (χ2n) is 7.26. The third-order valence-corrected chi connectivity index (χ3v) is 5.83. The fraction of sp³-hybridized carbons (Fsp3) is 0.238. The molecule has 1 atom stereocenters. The second kappa shape index (κ2) is 6.43. The first-order valence-corrected chi connectivity index (χ1v) is 9.54. The quantitative estimate of drug-likeness (QED) is 0.671. The number of amides is 2. The molecule has 1 N–H and O–H groups in total.